The molecule has 250 valence electrons. The number of hydrogen-bond acceptors (Lipinski definition) is 9. The molecule has 2 saturated heterocycles. The van der Waals surface area contributed by atoms with Crippen LogP contribution in [0, 0.1) is 5.82 Å². The van der Waals surface area contributed by atoms with Gasteiger partial charge in [0.05, 0.1) is 29.6 Å². The maximum atomic E-state index is 15.6. The number of methoxy groups -OCH3 is 1. The average Bonchev–Trinajstić information content (AvgIpc) is 3.83. The molecule has 4 aliphatic rings. The number of amides is 1. The molecule has 0 bridgehead atoms. The van der Waals surface area contributed by atoms with E-state index < -0.39 is 29.0 Å². The number of hydrogen-bond donors (Lipinski definition) is 1. The number of ether oxygens (including phenoxy) is 2. The molecule has 3 aliphatic heterocycles. The maximum absolute atomic E-state index is 15.6. The van der Waals surface area contributed by atoms with Crippen LogP contribution in [0.5, 0.6) is 17.4 Å². The molecule has 7 rings (SSSR count). The summed E-state index contributed by atoms with van der Waals surface area (Å²) in [6, 6.07) is 8.18. The van der Waals surface area contributed by atoms with E-state index in [0.717, 1.165) is 57.4 Å². The van der Waals surface area contributed by atoms with Crippen LogP contribution in [0.15, 0.2) is 36.5 Å². The number of likely N-dealkylation sites (N-methyl/N-ethyl adjacent to an activating group) is 1. The zero-order chi connectivity index (χ0) is 33.1. The number of piperidine rings is 1. The van der Waals surface area contributed by atoms with E-state index in [-0.39, 0.29) is 34.6 Å². The molecule has 1 spiro atoms. The quantitative estimate of drug-likeness (QED) is 0.333. The van der Waals surface area contributed by atoms with E-state index >= 15 is 4.39 Å². The summed E-state index contributed by atoms with van der Waals surface area (Å²) >= 11 is 0. The molecule has 3 aromatic rings. The van der Waals surface area contributed by atoms with Gasteiger partial charge in [0.25, 0.3) is 5.91 Å². The number of fused-ring (bicyclic) bond motifs is 2. The summed E-state index contributed by atoms with van der Waals surface area (Å²) in [5.74, 6) is -1.62. The van der Waals surface area contributed by atoms with Crippen molar-refractivity contribution in [3.63, 3.8) is 0 Å². The minimum atomic E-state index is -4.84. The summed E-state index contributed by atoms with van der Waals surface area (Å²) < 4.78 is 69.1. The number of aromatic nitrogens is 2. The second-order valence-corrected chi connectivity index (χ2v) is 12.8. The Kier molecular flexibility index (Phi) is 7.90. The molecule has 4 heterocycles. The van der Waals surface area contributed by atoms with E-state index in [1.54, 1.807) is 30.1 Å². The lowest BCUT2D eigenvalue weighted by Crippen LogP contribution is -2.52. The first-order chi connectivity index (χ1) is 22.5. The van der Waals surface area contributed by atoms with Gasteiger partial charge in [-0.3, -0.25) is 9.69 Å². The van der Waals surface area contributed by atoms with Crippen LogP contribution in [0.1, 0.15) is 47.2 Å². The summed E-state index contributed by atoms with van der Waals surface area (Å²) in [4.78, 5) is 29.5. The van der Waals surface area contributed by atoms with Crippen LogP contribution in [0.2, 0.25) is 0 Å². The lowest BCUT2D eigenvalue weighted by atomic mass is 10.0. The largest absolute Gasteiger partial charge is 0.494 e. The first-order valence-electron chi connectivity index (χ1n) is 15.8. The summed E-state index contributed by atoms with van der Waals surface area (Å²) in [5, 5.41) is 2.81. The van der Waals surface area contributed by atoms with E-state index in [0.29, 0.717) is 31.0 Å². The van der Waals surface area contributed by atoms with E-state index in [2.05, 4.69) is 32.1 Å². The van der Waals surface area contributed by atoms with Crippen molar-refractivity contribution in [3.05, 3.63) is 59.0 Å². The van der Waals surface area contributed by atoms with Crippen LogP contribution < -0.4 is 19.7 Å². The van der Waals surface area contributed by atoms with Gasteiger partial charge in [0.2, 0.25) is 11.8 Å². The number of alkyl halides is 3. The second kappa shape index (κ2) is 11.8. The summed E-state index contributed by atoms with van der Waals surface area (Å²) in [6.07, 6.45) is -0.859. The Labute approximate surface area is 270 Å². The summed E-state index contributed by atoms with van der Waals surface area (Å²) in [6.45, 7) is 5.54. The van der Waals surface area contributed by atoms with E-state index in [4.69, 9.17) is 9.47 Å². The number of nitrogens with one attached hydrogen (secondary N) is 1. The number of nitrogens with zero attached hydrogens (tertiary/aromatic N) is 6. The van der Waals surface area contributed by atoms with Crippen molar-refractivity contribution in [3.8, 4) is 17.4 Å². The molecule has 1 N–H and O–H groups in total. The zero-order valence-electron chi connectivity index (χ0n) is 26.5. The molecule has 10 nitrogen and oxygen atoms in total. The van der Waals surface area contributed by atoms with E-state index in [1.165, 1.54) is 19.2 Å². The number of benzene rings is 2. The average molecular weight is 656 g/mol. The lowest BCUT2D eigenvalue weighted by molar-refractivity contribution is -0.139. The third-order valence-electron chi connectivity index (χ3n) is 10.1. The fourth-order valence-electron chi connectivity index (χ4n) is 7.12. The van der Waals surface area contributed by atoms with Crippen molar-refractivity contribution in [2.75, 3.05) is 70.7 Å². The van der Waals surface area contributed by atoms with Gasteiger partial charge in [0, 0.05) is 70.7 Å². The maximum Gasteiger partial charge on any atom is 0.423 e. The molecule has 3 fully saturated rings. The van der Waals surface area contributed by atoms with E-state index in [9.17, 15) is 18.0 Å². The molecule has 1 aliphatic carbocycles. The minimum absolute atomic E-state index is 0.0253. The van der Waals surface area contributed by atoms with Gasteiger partial charge < -0.3 is 29.5 Å². The molecular weight excluding hydrogens is 618 g/mol. The number of anilines is 3. The first kappa shape index (κ1) is 31.4. The van der Waals surface area contributed by atoms with Crippen LogP contribution in [0.4, 0.5) is 34.9 Å². The van der Waals surface area contributed by atoms with Crippen molar-refractivity contribution in [2.45, 2.75) is 43.4 Å². The minimum Gasteiger partial charge on any atom is -0.494 e. The van der Waals surface area contributed by atoms with Gasteiger partial charge in [-0.15, -0.1) is 0 Å². The Morgan fingerprint density at radius 3 is 2.38 bits per heavy atom. The van der Waals surface area contributed by atoms with Gasteiger partial charge in [-0.05, 0) is 44.4 Å². The van der Waals surface area contributed by atoms with Crippen LogP contribution >= 0.6 is 0 Å². The van der Waals surface area contributed by atoms with Gasteiger partial charge >= 0.3 is 6.18 Å². The van der Waals surface area contributed by atoms with Crippen LogP contribution in [-0.2, 0) is 11.7 Å². The number of carbonyl (C=O) groups excluding carboxylic acids is 1. The van der Waals surface area contributed by atoms with Crippen molar-refractivity contribution >= 4 is 23.2 Å². The Morgan fingerprint density at radius 2 is 1.72 bits per heavy atom. The number of piperazine rings is 1. The highest BCUT2D eigenvalue weighted by molar-refractivity contribution is 6.03. The topological polar surface area (TPSA) is 86.3 Å². The Bertz CT molecular complexity index is 1680. The highest BCUT2D eigenvalue weighted by atomic mass is 19.4. The highest BCUT2D eigenvalue weighted by Gasteiger charge is 2.57. The molecule has 1 amide bonds. The van der Waals surface area contributed by atoms with Crippen molar-refractivity contribution < 1.29 is 31.8 Å². The van der Waals surface area contributed by atoms with Crippen LogP contribution in [0.3, 0.4) is 0 Å². The molecule has 1 aromatic heterocycles. The fraction of sp³-hybridized carbons (Fsp3) is 0.485. The molecule has 14 heteroatoms. The van der Waals surface area contributed by atoms with E-state index in [1.807, 2.05) is 4.90 Å². The smallest absolute Gasteiger partial charge is 0.423 e. The molecule has 1 saturated carbocycles. The first-order valence-corrected chi connectivity index (χ1v) is 15.8. The molecule has 0 atom stereocenters. The molecule has 47 heavy (non-hydrogen) atoms. The second-order valence-electron chi connectivity index (χ2n) is 12.8. The van der Waals surface area contributed by atoms with Crippen molar-refractivity contribution in [2.24, 2.45) is 0 Å². The lowest BCUT2D eigenvalue weighted by Gasteiger charge is -2.42. The summed E-state index contributed by atoms with van der Waals surface area (Å²) in [7, 11) is 5.24. The predicted molar refractivity (Wildman–Crippen MR) is 167 cm³/mol. The van der Waals surface area contributed by atoms with Gasteiger partial charge in [-0.25, -0.2) is 9.37 Å². The molecular formula is C33H37F4N7O3. The van der Waals surface area contributed by atoms with Crippen molar-refractivity contribution in [1.82, 2.24) is 24.7 Å². The SMILES string of the molecule is COc1cc(N2CCC(N3CCN(C)CC3)CC2)c(F)cc1Nc1ncc(C(F)(F)F)c(Oc2cccc3c2C(=O)N(C)C32CC2)n1. The number of halogens is 4. The van der Waals surface area contributed by atoms with Gasteiger partial charge in [-0.1, -0.05) is 12.1 Å². The highest BCUT2D eigenvalue weighted by Crippen LogP contribution is 2.57. The fourth-order valence-corrected chi connectivity index (χ4v) is 7.12. The normalized spacial score (nSPS) is 20.1. The Balaban J connectivity index is 1.12. The molecule has 0 radical (unpaired) electrons. The van der Waals surface area contributed by atoms with Crippen LogP contribution in [-0.4, -0.2) is 97.1 Å². The molecule has 2 aromatic carbocycles. The Morgan fingerprint density at radius 1 is 1.00 bits per heavy atom. The van der Waals surface area contributed by atoms with Crippen LogP contribution in [0.25, 0.3) is 0 Å². The number of carbonyl (C=O) groups is 1. The number of rotatable bonds is 7. The zero-order valence-corrected chi connectivity index (χ0v) is 26.5. The summed E-state index contributed by atoms with van der Waals surface area (Å²) in [5.41, 5.74) is -0.172. The monoisotopic (exact) mass is 655 g/mol. The third-order valence-corrected chi connectivity index (χ3v) is 10.1. The van der Waals surface area contributed by atoms with Crippen molar-refractivity contribution in [1.29, 1.82) is 0 Å². The molecule has 0 unspecified atom stereocenters. The van der Waals surface area contributed by atoms with Gasteiger partial charge in [0.15, 0.2) is 0 Å². The standard InChI is InChI=1S/C33H37F4N7O3/c1-41-13-15-43(16-14-41)20-7-11-44(12-8-20)25-18-27(46-3)24(17-23(25)34)39-31-38-19-22(33(35,36)37)29(40-31)47-26-6-4-5-21-28(26)30(45)42(2)32(21)9-10-32/h4-6,17-20H,7-16H2,1-3H3,(H,38,39,40). The predicted octanol–water partition coefficient (Wildman–Crippen LogP) is 5.47. The van der Waals surface area contributed by atoms with Gasteiger partial charge in [-0.2, -0.15) is 18.2 Å². The van der Waals surface area contributed by atoms with Gasteiger partial charge in [0.1, 0.15) is 22.9 Å². The third kappa shape index (κ3) is 5.71. The Hall–Kier alpha value is -4.17.